The number of nitrogens with two attached hydrogens (primary N) is 1. The van der Waals surface area contributed by atoms with E-state index in [0.29, 0.717) is 0 Å². The SMILES string of the molecule is CC(C)N(CCC(=O)O)C(=O)c1ccc(N)c([N+](=O)[O-])c1. The Kier molecular flexibility index (Phi) is 5.23. The molecule has 1 aromatic rings. The van der Waals surface area contributed by atoms with Gasteiger partial charge in [-0.2, -0.15) is 0 Å². The van der Waals surface area contributed by atoms with Gasteiger partial charge in [-0.3, -0.25) is 19.7 Å². The summed E-state index contributed by atoms with van der Waals surface area (Å²) in [5, 5.41) is 19.5. The van der Waals surface area contributed by atoms with Crippen molar-refractivity contribution in [3.8, 4) is 0 Å². The van der Waals surface area contributed by atoms with Crippen molar-refractivity contribution in [1.82, 2.24) is 4.90 Å². The monoisotopic (exact) mass is 295 g/mol. The predicted octanol–water partition coefficient (Wildman–Crippen LogP) is 1.50. The van der Waals surface area contributed by atoms with Crippen LogP contribution in [0.4, 0.5) is 11.4 Å². The Hall–Kier alpha value is -2.64. The number of hydrogen-bond acceptors (Lipinski definition) is 5. The average molecular weight is 295 g/mol. The van der Waals surface area contributed by atoms with Gasteiger partial charge >= 0.3 is 5.97 Å². The molecule has 114 valence electrons. The maximum Gasteiger partial charge on any atom is 0.305 e. The Morgan fingerprint density at radius 2 is 2.05 bits per heavy atom. The molecule has 1 rings (SSSR count). The Balaban J connectivity index is 3.06. The van der Waals surface area contributed by atoms with Crippen LogP contribution in [-0.2, 0) is 4.79 Å². The molecule has 3 N–H and O–H groups in total. The maximum atomic E-state index is 12.4. The van der Waals surface area contributed by atoms with Gasteiger partial charge in [0.05, 0.1) is 11.3 Å². The van der Waals surface area contributed by atoms with Gasteiger partial charge in [0.2, 0.25) is 0 Å². The quantitative estimate of drug-likeness (QED) is 0.465. The largest absolute Gasteiger partial charge is 0.481 e. The normalized spacial score (nSPS) is 10.4. The van der Waals surface area contributed by atoms with Crippen LogP contribution in [0, 0.1) is 10.1 Å². The number of carboxylic acids is 1. The van der Waals surface area contributed by atoms with E-state index < -0.39 is 16.8 Å². The number of benzene rings is 1. The van der Waals surface area contributed by atoms with E-state index in [1.807, 2.05) is 0 Å². The molecule has 0 fully saturated rings. The van der Waals surface area contributed by atoms with Gasteiger partial charge in [0.1, 0.15) is 5.69 Å². The van der Waals surface area contributed by atoms with Crippen LogP contribution in [0.15, 0.2) is 18.2 Å². The van der Waals surface area contributed by atoms with Gasteiger partial charge in [-0.1, -0.05) is 0 Å². The van der Waals surface area contributed by atoms with Gasteiger partial charge in [0.15, 0.2) is 0 Å². The number of carboxylic acid groups (broad SMARTS) is 1. The van der Waals surface area contributed by atoms with Crippen molar-refractivity contribution in [2.75, 3.05) is 12.3 Å². The van der Waals surface area contributed by atoms with Crippen LogP contribution in [0.1, 0.15) is 30.6 Å². The van der Waals surface area contributed by atoms with Gasteiger partial charge in [-0.25, -0.2) is 0 Å². The van der Waals surface area contributed by atoms with Crippen molar-refractivity contribution < 1.29 is 19.6 Å². The fourth-order valence-corrected chi connectivity index (χ4v) is 1.81. The summed E-state index contributed by atoms with van der Waals surface area (Å²) >= 11 is 0. The molecule has 8 nitrogen and oxygen atoms in total. The van der Waals surface area contributed by atoms with E-state index in [0.717, 1.165) is 6.07 Å². The third kappa shape index (κ3) is 4.16. The molecule has 0 atom stereocenters. The summed E-state index contributed by atoms with van der Waals surface area (Å²) in [4.78, 5) is 34.5. The minimum atomic E-state index is -1.02. The van der Waals surface area contributed by atoms with Gasteiger partial charge in [0, 0.05) is 24.2 Å². The standard InChI is InChI=1S/C13H17N3O5/c1-8(2)15(6-5-12(17)18)13(19)9-3-4-10(14)11(7-9)16(20)21/h3-4,7-8H,5-6,14H2,1-2H3,(H,17,18). The second-order valence-corrected chi connectivity index (χ2v) is 4.77. The van der Waals surface area contributed by atoms with Crippen LogP contribution in [0.3, 0.4) is 0 Å². The predicted molar refractivity (Wildman–Crippen MR) is 75.9 cm³/mol. The van der Waals surface area contributed by atoms with Crippen molar-refractivity contribution in [1.29, 1.82) is 0 Å². The number of aliphatic carboxylic acids is 1. The summed E-state index contributed by atoms with van der Waals surface area (Å²) in [5.41, 5.74) is 5.21. The fraction of sp³-hybridized carbons (Fsp3) is 0.385. The lowest BCUT2D eigenvalue weighted by Gasteiger charge is -2.26. The van der Waals surface area contributed by atoms with Crippen molar-refractivity contribution in [3.05, 3.63) is 33.9 Å². The fourth-order valence-electron chi connectivity index (χ4n) is 1.81. The minimum absolute atomic E-state index is 0.0295. The number of nitro benzene ring substituents is 1. The molecule has 0 unspecified atom stereocenters. The van der Waals surface area contributed by atoms with Crippen LogP contribution >= 0.6 is 0 Å². The van der Waals surface area contributed by atoms with Gasteiger partial charge in [-0.05, 0) is 26.0 Å². The molecule has 8 heteroatoms. The summed E-state index contributed by atoms with van der Waals surface area (Å²) in [6.07, 6.45) is -0.193. The molecule has 0 saturated heterocycles. The molecule has 0 aliphatic rings. The average Bonchev–Trinajstić information content (AvgIpc) is 2.38. The molecule has 0 spiro atoms. The van der Waals surface area contributed by atoms with E-state index in [-0.39, 0.29) is 35.9 Å². The first kappa shape index (κ1) is 16.4. The molecule has 0 radical (unpaired) electrons. The molecule has 1 amide bonds. The Morgan fingerprint density at radius 3 is 2.52 bits per heavy atom. The Bertz CT molecular complexity index is 571. The van der Waals surface area contributed by atoms with E-state index in [2.05, 4.69) is 0 Å². The summed E-state index contributed by atoms with van der Waals surface area (Å²) in [6, 6.07) is 3.56. The molecule has 21 heavy (non-hydrogen) atoms. The topological polar surface area (TPSA) is 127 Å². The molecule has 0 aliphatic carbocycles. The summed E-state index contributed by atoms with van der Waals surface area (Å²) < 4.78 is 0. The first-order chi connectivity index (χ1) is 9.73. The number of nitro groups is 1. The van der Waals surface area contributed by atoms with Gasteiger partial charge in [0.25, 0.3) is 11.6 Å². The number of nitrogens with zero attached hydrogens (tertiary/aromatic N) is 2. The first-order valence-corrected chi connectivity index (χ1v) is 6.30. The van der Waals surface area contributed by atoms with E-state index in [4.69, 9.17) is 10.8 Å². The highest BCUT2D eigenvalue weighted by molar-refractivity contribution is 5.96. The third-order valence-electron chi connectivity index (χ3n) is 2.92. The highest BCUT2D eigenvalue weighted by atomic mass is 16.6. The molecule has 0 bridgehead atoms. The van der Waals surface area contributed by atoms with Crippen molar-refractivity contribution in [2.45, 2.75) is 26.3 Å². The molecular weight excluding hydrogens is 278 g/mol. The van der Waals surface area contributed by atoms with Gasteiger partial charge in [-0.15, -0.1) is 0 Å². The lowest BCUT2D eigenvalue weighted by atomic mass is 10.1. The van der Waals surface area contributed by atoms with Crippen molar-refractivity contribution >= 4 is 23.3 Å². The second-order valence-electron chi connectivity index (χ2n) is 4.77. The van der Waals surface area contributed by atoms with Crippen LogP contribution in [0.25, 0.3) is 0 Å². The highest BCUT2D eigenvalue weighted by Crippen LogP contribution is 2.23. The van der Waals surface area contributed by atoms with E-state index in [1.54, 1.807) is 13.8 Å². The number of nitrogen functional groups attached to an aromatic ring is 1. The Labute approximate surface area is 121 Å². The molecular formula is C13H17N3O5. The molecule has 0 aliphatic heterocycles. The highest BCUT2D eigenvalue weighted by Gasteiger charge is 2.22. The van der Waals surface area contributed by atoms with E-state index in [1.165, 1.54) is 17.0 Å². The number of hydrogen-bond donors (Lipinski definition) is 2. The number of carbonyl (C=O) groups is 2. The smallest absolute Gasteiger partial charge is 0.305 e. The summed E-state index contributed by atoms with van der Waals surface area (Å²) in [7, 11) is 0. The van der Waals surface area contributed by atoms with Crippen molar-refractivity contribution in [3.63, 3.8) is 0 Å². The number of rotatable bonds is 6. The third-order valence-corrected chi connectivity index (χ3v) is 2.92. The summed E-state index contributed by atoms with van der Waals surface area (Å²) in [5.74, 6) is -1.48. The van der Waals surface area contributed by atoms with E-state index >= 15 is 0 Å². The first-order valence-electron chi connectivity index (χ1n) is 6.30. The lowest BCUT2D eigenvalue weighted by molar-refractivity contribution is -0.383. The van der Waals surface area contributed by atoms with Crippen LogP contribution < -0.4 is 5.73 Å². The zero-order valence-corrected chi connectivity index (χ0v) is 11.8. The zero-order valence-electron chi connectivity index (χ0n) is 11.8. The minimum Gasteiger partial charge on any atom is -0.481 e. The summed E-state index contributed by atoms with van der Waals surface area (Å²) in [6.45, 7) is 3.51. The molecule has 0 saturated carbocycles. The van der Waals surface area contributed by atoms with Crippen LogP contribution in [-0.4, -0.2) is 39.4 Å². The number of anilines is 1. The molecule has 0 aromatic heterocycles. The molecule has 1 aromatic carbocycles. The second kappa shape index (κ2) is 6.69. The lowest BCUT2D eigenvalue weighted by Crippen LogP contribution is -2.38. The van der Waals surface area contributed by atoms with E-state index in [9.17, 15) is 19.7 Å². The zero-order chi connectivity index (χ0) is 16.2. The number of carbonyl (C=O) groups excluding carboxylic acids is 1. The van der Waals surface area contributed by atoms with Gasteiger partial charge < -0.3 is 15.7 Å². The van der Waals surface area contributed by atoms with Crippen molar-refractivity contribution in [2.24, 2.45) is 0 Å². The maximum absolute atomic E-state index is 12.4. The van der Waals surface area contributed by atoms with Crippen LogP contribution in [0.5, 0.6) is 0 Å². The molecule has 0 heterocycles. The van der Waals surface area contributed by atoms with Crippen LogP contribution in [0.2, 0.25) is 0 Å². The number of amides is 1. The Morgan fingerprint density at radius 1 is 1.43 bits per heavy atom.